The third-order valence-corrected chi connectivity index (χ3v) is 9.11. The third kappa shape index (κ3) is 14.8. The molecule has 0 amide bonds. The second-order valence-electron chi connectivity index (χ2n) is 16.7. The summed E-state index contributed by atoms with van der Waals surface area (Å²) in [6.07, 6.45) is -0.585. The molecule has 0 spiro atoms. The summed E-state index contributed by atoms with van der Waals surface area (Å²) in [5.41, 5.74) is 6.61. The maximum absolute atomic E-state index is 12.4. The smallest absolute Gasteiger partial charge is 0.338 e. The maximum Gasteiger partial charge on any atom is 0.338 e. The average molecular weight is 765 g/mol. The quantitative estimate of drug-likeness (QED) is 0.104. The van der Waals surface area contributed by atoms with Gasteiger partial charge < -0.3 is 18.9 Å². The zero-order chi connectivity index (χ0) is 41.8. The van der Waals surface area contributed by atoms with Gasteiger partial charge in [-0.25, -0.2) is 19.2 Å². The molecule has 8 nitrogen and oxygen atoms in total. The summed E-state index contributed by atoms with van der Waals surface area (Å²) >= 11 is 0. The van der Waals surface area contributed by atoms with E-state index in [-0.39, 0.29) is 59.1 Å². The summed E-state index contributed by atoms with van der Waals surface area (Å²) in [5, 5.41) is 0. The minimum absolute atomic E-state index is 0.0299. The molecule has 300 valence electrons. The van der Waals surface area contributed by atoms with Crippen molar-refractivity contribution >= 4 is 23.9 Å². The number of carbonyl (C=O) groups is 4. The van der Waals surface area contributed by atoms with Crippen molar-refractivity contribution in [2.45, 2.75) is 131 Å². The Morgan fingerprint density at radius 2 is 0.589 bits per heavy atom. The second kappa shape index (κ2) is 20.1. The molecule has 0 aliphatic carbocycles. The van der Waals surface area contributed by atoms with Gasteiger partial charge in [-0.2, -0.15) is 0 Å². The topological polar surface area (TPSA) is 105 Å². The molecule has 4 aromatic rings. The molecule has 0 aromatic heterocycles. The largest absolute Gasteiger partial charge is 0.459 e. The van der Waals surface area contributed by atoms with Crippen LogP contribution in [0.3, 0.4) is 0 Å². The highest BCUT2D eigenvalue weighted by Gasteiger charge is 2.21. The minimum Gasteiger partial charge on any atom is -0.459 e. The van der Waals surface area contributed by atoms with Gasteiger partial charge in [-0.05, 0) is 112 Å². The lowest BCUT2D eigenvalue weighted by atomic mass is 9.87. The highest BCUT2D eigenvalue weighted by Crippen LogP contribution is 2.24. The number of hydrogen-bond acceptors (Lipinski definition) is 8. The van der Waals surface area contributed by atoms with Crippen LogP contribution in [0, 0.1) is 13.8 Å². The van der Waals surface area contributed by atoms with Gasteiger partial charge in [0.05, 0.1) is 22.3 Å². The monoisotopic (exact) mass is 764 g/mol. The van der Waals surface area contributed by atoms with E-state index < -0.39 is 0 Å². The van der Waals surface area contributed by atoms with Crippen molar-refractivity contribution in [3.05, 3.63) is 142 Å². The normalized spacial score (nSPS) is 13.5. The van der Waals surface area contributed by atoms with E-state index in [1.165, 1.54) is 0 Å². The first-order chi connectivity index (χ1) is 26.1. The highest BCUT2D eigenvalue weighted by atomic mass is 16.6. The molecule has 4 aromatic carbocycles. The zero-order valence-electron chi connectivity index (χ0n) is 35.2. The Kier molecular flexibility index (Phi) is 16.2. The van der Waals surface area contributed by atoms with Crippen LogP contribution < -0.4 is 0 Å². The second-order valence-corrected chi connectivity index (χ2v) is 16.7. The Morgan fingerprint density at radius 3 is 0.786 bits per heavy atom. The van der Waals surface area contributed by atoms with Crippen molar-refractivity contribution in [3.63, 3.8) is 0 Å². The minimum atomic E-state index is -0.374. The molecule has 0 saturated carbocycles. The van der Waals surface area contributed by atoms with Crippen LogP contribution in [0.15, 0.2) is 97.1 Å². The van der Waals surface area contributed by atoms with Crippen molar-refractivity contribution < 1.29 is 38.1 Å². The molecule has 4 unspecified atom stereocenters. The number of ether oxygens (including phenoxy) is 4. The van der Waals surface area contributed by atoms with Crippen LogP contribution in [0.5, 0.6) is 0 Å². The van der Waals surface area contributed by atoms with E-state index in [0.29, 0.717) is 35.1 Å². The molecule has 4 rings (SSSR count). The van der Waals surface area contributed by atoms with Gasteiger partial charge in [-0.15, -0.1) is 0 Å². The Hall–Kier alpha value is -5.24. The van der Waals surface area contributed by atoms with Crippen LogP contribution in [0.25, 0.3) is 0 Å². The third-order valence-electron chi connectivity index (χ3n) is 9.11. The van der Waals surface area contributed by atoms with Crippen LogP contribution in [-0.2, 0) is 29.8 Å². The number of hydrogen-bond donors (Lipinski definition) is 0. The molecule has 0 aliphatic rings. The van der Waals surface area contributed by atoms with Crippen LogP contribution in [0.1, 0.15) is 146 Å². The summed E-state index contributed by atoms with van der Waals surface area (Å²) in [5.74, 6) is -1.48. The molecule has 0 radical (unpaired) electrons. The SMILES string of the molecule is CC(CC(C)OC(=O)c1ccc(C(C)(C)C)cc1)OC(=O)c1ccc(C(C)(C)C)cc1.Cc1ccc(C(=O)OC(C)CC(C)OC(=O)c2ccc(C)cc2)cc1. The van der Waals surface area contributed by atoms with Gasteiger partial charge >= 0.3 is 23.9 Å². The molecule has 0 heterocycles. The number of benzene rings is 4. The Balaban J connectivity index is 0.000000307. The fourth-order valence-corrected chi connectivity index (χ4v) is 5.72. The van der Waals surface area contributed by atoms with Gasteiger partial charge in [0.25, 0.3) is 0 Å². The first-order valence-electron chi connectivity index (χ1n) is 19.3. The van der Waals surface area contributed by atoms with E-state index in [9.17, 15) is 19.2 Å². The Bertz CT molecular complexity index is 1740. The van der Waals surface area contributed by atoms with E-state index in [2.05, 4.69) is 41.5 Å². The van der Waals surface area contributed by atoms with Crippen LogP contribution in [-0.4, -0.2) is 48.3 Å². The average Bonchev–Trinajstić information content (AvgIpc) is 3.11. The van der Waals surface area contributed by atoms with Crippen LogP contribution in [0.4, 0.5) is 0 Å². The first-order valence-corrected chi connectivity index (χ1v) is 19.3. The van der Waals surface area contributed by atoms with Gasteiger partial charge in [-0.1, -0.05) is 101 Å². The maximum atomic E-state index is 12.4. The molecule has 0 bridgehead atoms. The van der Waals surface area contributed by atoms with Gasteiger partial charge in [0, 0.05) is 12.8 Å². The molecular weight excluding hydrogens is 705 g/mol. The first kappa shape index (κ1) is 45.2. The molecule has 8 heteroatoms. The molecule has 0 saturated heterocycles. The fourth-order valence-electron chi connectivity index (χ4n) is 5.72. The predicted octanol–water partition coefficient (Wildman–Crippen LogP) is 10.9. The Morgan fingerprint density at radius 1 is 0.393 bits per heavy atom. The number of rotatable bonds is 12. The predicted molar refractivity (Wildman–Crippen MR) is 221 cm³/mol. The summed E-state index contributed by atoms with van der Waals surface area (Å²) < 4.78 is 21.9. The summed E-state index contributed by atoms with van der Waals surface area (Å²) in [6, 6.07) is 29.4. The zero-order valence-corrected chi connectivity index (χ0v) is 35.2. The van der Waals surface area contributed by atoms with Crippen molar-refractivity contribution in [2.24, 2.45) is 0 Å². The molecule has 4 atom stereocenters. The van der Waals surface area contributed by atoms with Crippen molar-refractivity contribution in [1.82, 2.24) is 0 Å². The lowest BCUT2D eigenvalue weighted by Crippen LogP contribution is -2.24. The van der Waals surface area contributed by atoms with E-state index in [4.69, 9.17) is 18.9 Å². The van der Waals surface area contributed by atoms with Crippen LogP contribution >= 0.6 is 0 Å². The van der Waals surface area contributed by atoms with Crippen molar-refractivity contribution in [2.75, 3.05) is 0 Å². The van der Waals surface area contributed by atoms with Crippen molar-refractivity contribution in [3.8, 4) is 0 Å². The molecule has 56 heavy (non-hydrogen) atoms. The molecule has 0 aliphatic heterocycles. The summed E-state index contributed by atoms with van der Waals surface area (Å²) in [6.45, 7) is 23.9. The number of carbonyl (C=O) groups excluding carboxylic acids is 4. The van der Waals surface area contributed by atoms with E-state index in [1.807, 2.05) is 76.2 Å². The Labute approximate surface area is 333 Å². The van der Waals surface area contributed by atoms with Gasteiger partial charge in [0.1, 0.15) is 24.4 Å². The number of esters is 4. The van der Waals surface area contributed by atoms with Gasteiger partial charge in [0.2, 0.25) is 0 Å². The molecule has 0 N–H and O–H groups in total. The standard InChI is InChI=1S/C27H36O4.C21H24O4/c1-18(30-24(28)20-9-13-22(14-10-20)26(3,4)5)17-19(2)31-25(29)21-11-15-23(16-12-21)27(6,7)8;1-14-5-9-18(10-6-14)20(22)24-16(3)13-17(4)25-21(23)19-11-7-15(2)8-12-19/h9-16,18-19H,17H2,1-8H3;5-12,16-17H,13H2,1-4H3. The van der Waals surface area contributed by atoms with E-state index in [1.54, 1.807) is 62.4 Å². The molecular formula is C48H60O8. The van der Waals surface area contributed by atoms with Crippen LogP contribution in [0.2, 0.25) is 0 Å². The summed E-state index contributed by atoms with van der Waals surface area (Å²) in [4.78, 5) is 49.0. The van der Waals surface area contributed by atoms with Gasteiger partial charge in [-0.3, -0.25) is 0 Å². The number of aryl methyl sites for hydroxylation is 2. The summed E-state index contributed by atoms with van der Waals surface area (Å²) in [7, 11) is 0. The fraction of sp³-hybridized carbons (Fsp3) is 0.417. The lowest BCUT2D eigenvalue weighted by molar-refractivity contribution is 0.00570. The van der Waals surface area contributed by atoms with E-state index >= 15 is 0 Å². The van der Waals surface area contributed by atoms with E-state index in [0.717, 1.165) is 22.3 Å². The lowest BCUT2D eigenvalue weighted by Gasteiger charge is -2.21. The van der Waals surface area contributed by atoms with Crippen molar-refractivity contribution in [1.29, 1.82) is 0 Å². The molecule has 0 fully saturated rings. The highest BCUT2D eigenvalue weighted by molar-refractivity contribution is 5.91. The van der Waals surface area contributed by atoms with Gasteiger partial charge in [0.15, 0.2) is 0 Å².